The van der Waals surface area contributed by atoms with Gasteiger partial charge in [-0.15, -0.1) is 0 Å². The van der Waals surface area contributed by atoms with Crippen LogP contribution in [-0.2, 0) is 6.42 Å². The highest BCUT2D eigenvalue weighted by atomic mass is 16.1. The van der Waals surface area contributed by atoms with Crippen LogP contribution in [0.25, 0.3) is 0 Å². The van der Waals surface area contributed by atoms with E-state index < -0.39 is 11.1 Å². The molecule has 0 aliphatic heterocycles. The summed E-state index contributed by atoms with van der Waals surface area (Å²) >= 11 is 0. The van der Waals surface area contributed by atoms with E-state index in [-0.39, 0.29) is 17.3 Å². The Morgan fingerprint density at radius 1 is 0.710 bits per heavy atom. The molecule has 0 heterocycles. The van der Waals surface area contributed by atoms with Gasteiger partial charge >= 0.3 is 0 Å². The molecule has 164 valence electrons. The van der Waals surface area contributed by atoms with Gasteiger partial charge in [0.1, 0.15) is 0 Å². The molecule has 0 saturated carbocycles. The fourth-order valence-corrected chi connectivity index (χ4v) is 3.63. The third-order valence-electron chi connectivity index (χ3n) is 6.96. The van der Waals surface area contributed by atoms with Crippen molar-refractivity contribution in [2.75, 3.05) is 28.2 Å². The molecule has 0 fully saturated rings. The zero-order chi connectivity index (χ0) is 23.3. The summed E-state index contributed by atoms with van der Waals surface area (Å²) in [4.78, 5) is 43.2. The first-order chi connectivity index (χ1) is 14.3. The van der Waals surface area contributed by atoms with Crippen molar-refractivity contribution in [1.29, 1.82) is 0 Å². The second kappa shape index (κ2) is 7.81. The Morgan fingerprint density at radius 2 is 1.06 bits per heavy atom. The smallest absolute Gasteiger partial charge is 0.193 e. The summed E-state index contributed by atoms with van der Waals surface area (Å²) in [6, 6.07) is 10.8. The van der Waals surface area contributed by atoms with Gasteiger partial charge < -0.3 is 0 Å². The maximum absolute atomic E-state index is 13.4. The van der Waals surface area contributed by atoms with Crippen LogP contribution in [0.2, 0.25) is 0 Å². The molecule has 0 unspecified atom stereocenters. The molecule has 2 aromatic carbocycles. The van der Waals surface area contributed by atoms with E-state index in [0.29, 0.717) is 28.7 Å². The predicted molar refractivity (Wildman–Crippen MR) is 123 cm³/mol. The lowest BCUT2D eigenvalue weighted by atomic mass is 9.81. The number of carbonyl (C=O) groups is 3. The minimum Gasteiger partial charge on any atom is -0.297 e. The number of hydrogen-bond acceptors (Lipinski definition) is 5. The maximum atomic E-state index is 13.4. The van der Waals surface area contributed by atoms with Crippen LogP contribution in [0.3, 0.4) is 0 Å². The first kappa shape index (κ1) is 23.0. The summed E-state index contributed by atoms with van der Waals surface area (Å²) in [6.07, 6.45) is 0.605. The maximum Gasteiger partial charge on any atom is 0.193 e. The van der Waals surface area contributed by atoms with Crippen LogP contribution in [0.15, 0.2) is 36.4 Å². The Hall–Kier alpha value is -2.63. The van der Waals surface area contributed by atoms with Crippen molar-refractivity contribution in [1.82, 2.24) is 9.80 Å². The average Bonchev–Trinajstić information content (AvgIpc) is 2.72. The molecule has 2 aromatic rings. The van der Waals surface area contributed by atoms with E-state index in [1.165, 1.54) is 0 Å². The minimum absolute atomic E-state index is 0.0319. The Morgan fingerprint density at radius 3 is 1.39 bits per heavy atom. The molecule has 1 aliphatic rings. The number of ketones is 3. The number of benzene rings is 2. The first-order valence-corrected chi connectivity index (χ1v) is 10.5. The fraction of sp³-hybridized carbons (Fsp3) is 0.423. The van der Waals surface area contributed by atoms with Gasteiger partial charge in [0.2, 0.25) is 0 Å². The van der Waals surface area contributed by atoms with Crippen LogP contribution >= 0.6 is 0 Å². The molecule has 0 aromatic heterocycles. The Labute approximate surface area is 185 Å². The van der Waals surface area contributed by atoms with Crippen molar-refractivity contribution >= 4 is 17.3 Å². The van der Waals surface area contributed by atoms with E-state index in [0.717, 1.165) is 11.1 Å². The number of nitrogens with zero attached hydrogens (tertiary/aromatic N) is 2. The standard InChI is InChI=1S/C26H32N2O3/c1-25(2,27(5)6)23(30)18-11-9-16-13-17-10-12-19(24(31)26(3,4)28(7)8)15-21(17)22(29)20(16)14-18/h9-12,14-15H,13H2,1-8H3. The summed E-state index contributed by atoms with van der Waals surface area (Å²) in [5, 5.41) is 0. The molecule has 5 nitrogen and oxygen atoms in total. The van der Waals surface area contributed by atoms with Gasteiger partial charge in [-0.25, -0.2) is 0 Å². The van der Waals surface area contributed by atoms with Crippen LogP contribution in [0.5, 0.6) is 0 Å². The molecule has 5 heteroatoms. The van der Waals surface area contributed by atoms with Gasteiger partial charge in [-0.1, -0.05) is 24.3 Å². The van der Waals surface area contributed by atoms with Crippen LogP contribution < -0.4 is 0 Å². The van der Waals surface area contributed by atoms with Gasteiger partial charge in [-0.3, -0.25) is 24.2 Å². The van der Waals surface area contributed by atoms with Gasteiger partial charge in [0.25, 0.3) is 0 Å². The normalized spacial score (nSPS) is 13.9. The Kier molecular flexibility index (Phi) is 5.80. The summed E-state index contributed by atoms with van der Waals surface area (Å²) in [5.74, 6) is -0.197. The zero-order valence-electron chi connectivity index (χ0n) is 19.8. The van der Waals surface area contributed by atoms with Gasteiger partial charge in [-0.05, 0) is 85.6 Å². The van der Waals surface area contributed by atoms with Crippen molar-refractivity contribution in [2.24, 2.45) is 0 Å². The highest BCUT2D eigenvalue weighted by Gasteiger charge is 2.34. The number of hydrogen-bond donors (Lipinski definition) is 0. The lowest BCUT2D eigenvalue weighted by molar-refractivity contribution is 0.0750. The topological polar surface area (TPSA) is 57.7 Å². The van der Waals surface area contributed by atoms with E-state index >= 15 is 0 Å². The Bertz CT molecular complexity index is 995. The number of fused-ring (bicyclic) bond motifs is 2. The number of Topliss-reactive ketones (excluding diaryl/α,β-unsaturated/α-hetero) is 2. The van der Waals surface area contributed by atoms with Crippen LogP contribution in [0.1, 0.15) is 75.5 Å². The first-order valence-electron chi connectivity index (χ1n) is 10.5. The van der Waals surface area contributed by atoms with Gasteiger partial charge in [0.05, 0.1) is 11.1 Å². The van der Waals surface area contributed by atoms with Gasteiger partial charge in [-0.2, -0.15) is 0 Å². The quantitative estimate of drug-likeness (QED) is 0.567. The second-order valence-corrected chi connectivity index (χ2v) is 9.81. The number of carbonyl (C=O) groups excluding carboxylic acids is 3. The molecule has 0 atom stereocenters. The zero-order valence-corrected chi connectivity index (χ0v) is 19.8. The largest absolute Gasteiger partial charge is 0.297 e. The van der Waals surface area contributed by atoms with Crippen molar-refractivity contribution in [3.63, 3.8) is 0 Å². The number of likely N-dealkylation sites (N-methyl/N-ethyl adjacent to an activating group) is 2. The third-order valence-corrected chi connectivity index (χ3v) is 6.96. The molecule has 1 aliphatic carbocycles. The van der Waals surface area contributed by atoms with Crippen LogP contribution in [-0.4, -0.2) is 66.4 Å². The van der Waals surface area contributed by atoms with Crippen LogP contribution in [0, 0.1) is 0 Å². The van der Waals surface area contributed by atoms with E-state index in [1.54, 1.807) is 12.1 Å². The lowest BCUT2D eigenvalue weighted by Crippen LogP contribution is -2.45. The SMILES string of the molecule is CN(C)C(C)(C)C(=O)c1ccc2c(c1)C(=O)c1cc(C(=O)C(C)(C)N(C)C)ccc1C2. The lowest BCUT2D eigenvalue weighted by Gasteiger charge is -2.31. The van der Waals surface area contributed by atoms with E-state index in [9.17, 15) is 14.4 Å². The molecule has 0 N–H and O–H groups in total. The van der Waals surface area contributed by atoms with Crippen molar-refractivity contribution in [3.05, 3.63) is 69.8 Å². The summed E-state index contributed by atoms with van der Waals surface area (Å²) < 4.78 is 0. The molecule has 31 heavy (non-hydrogen) atoms. The highest BCUT2D eigenvalue weighted by molar-refractivity contribution is 6.15. The Balaban J connectivity index is 2.01. The van der Waals surface area contributed by atoms with Crippen LogP contribution in [0.4, 0.5) is 0 Å². The predicted octanol–water partition coefficient (Wildman–Crippen LogP) is 3.87. The number of rotatable bonds is 6. The molecule has 0 saturated heterocycles. The molecular formula is C26H32N2O3. The van der Waals surface area contributed by atoms with Crippen molar-refractivity contribution < 1.29 is 14.4 Å². The van der Waals surface area contributed by atoms with E-state index in [4.69, 9.17) is 0 Å². The monoisotopic (exact) mass is 420 g/mol. The highest BCUT2D eigenvalue weighted by Crippen LogP contribution is 2.31. The van der Waals surface area contributed by atoms with Gasteiger partial charge in [0, 0.05) is 22.3 Å². The molecular weight excluding hydrogens is 388 g/mol. The summed E-state index contributed by atoms with van der Waals surface area (Å²) in [6.45, 7) is 7.49. The molecule has 0 radical (unpaired) electrons. The minimum atomic E-state index is -0.679. The molecule has 0 spiro atoms. The summed E-state index contributed by atoms with van der Waals surface area (Å²) in [5.41, 5.74) is 2.59. The van der Waals surface area contributed by atoms with E-state index in [1.807, 2.05) is 90.0 Å². The molecule has 3 rings (SSSR count). The average molecular weight is 421 g/mol. The third kappa shape index (κ3) is 3.88. The molecule has 0 bridgehead atoms. The van der Waals surface area contributed by atoms with Gasteiger partial charge in [0.15, 0.2) is 17.3 Å². The van der Waals surface area contributed by atoms with Crippen molar-refractivity contribution in [2.45, 2.75) is 45.2 Å². The molecule has 0 amide bonds. The second-order valence-electron chi connectivity index (χ2n) is 9.81. The van der Waals surface area contributed by atoms with Crippen molar-refractivity contribution in [3.8, 4) is 0 Å². The fourth-order valence-electron chi connectivity index (χ4n) is 3.63. The summed E-state index contributed by atoms with van der Waals surface area (Å²) in [7, 11) is 7.47. The van der Waals surface area contributed by atoms with E-state index in [2.05, 4.69) is 0 Å².